The molecule has 6 atom stereocenters. The highest BCUT2D eigenvalue weighted by Gasteiger charge is 2.44. The number of aliphatic hydroxyl groups is 4. The quantitative estimate of drug-likeness (QED) is 0.537. The second-order valence-corrected chi connectivity index (χ2v) is 6.19. The van der Waals surface area contributed by atoms with Crippen molar-refractivity contribution in [1.82, 2.24) is 0 Å². The third-order valence-corrected chi connectivity index (χ3v) is 4.48. The summed E-state index contributed by atoms with van der Waals surface area (Å²) in [4.78, 5) is 0. The first-order chi connectivity index (χ1) is 10.4. The molecule has 0 aromatic carbocycles. The Kier molecular flexibility index (Phi) is 6.14. The predicted molar refractivity (Wildman–Crippen MR) is 80.0 cm³/mol. The minimum absolute atomic E-state index is 0.297. The largest absolute Gasteiger partial charge is 0.394 e. The van der Waals surface area contributed by atoms with Crippen LogP contribution in [0.5, 0.6) is 0 Å². The van der Waals surface area contributed by atoms with Crippen LogP contribution in [0.1, 0.15) is 26.2 Å². The Bertz CT molecular complexity index is 419. The van der Waals surface area contributed by atoms with Gasteiger partial charge < -0.3 is 29.9 Å². The molecule has 0 aromatic heterocycles. The first-order valence-corrected chi connectivity index (χ1v) is 7.69. The summed E-state index contributed by atoms with van der Waals surface area (Å²) in [7, 11) is 0. The van der Waals surface area contributed by atoms with Crippen molar-refractivity contribution in [1.29, 1.82) is 0 Å². The van der Waals surface area contributed by atoms with Crippen molar-refractivity contribution in [3.8, 4) is 0 Å². The molecule has 6 nitrogen and oxygen atoms in total. The lowest BCUT2D eigenvalue weighted by Crippen LogP contribution is -2.59. The average molecular weight is 314 g/mol. The van der Waals surface area contributed by atoms with Crippen molar-refractivity contribution < 1.29 is 29.9 Å². The van der Waals surface area contributed by atoms with Crippen molar-refractivity contribution >= 4 is 0 Å². The van der Waals surface area contributed by atoms with Gasteiger partial charge in [0.25, 0.3) is 0 Å². The van der Waals surface area contributed by atoms with Crippen LogP contribution in [0.4, 0.5) is 0 Å². The fraction of sp³-hybridized carbons (Fsp3) is 0.750. The number of allylic oxidation sites excluding steroid dienone is 2. The van der Waals surface area contributed by atoms with E-state index in [0.717, 1.165) is 24.8 Å². The van der Waals surface area contributed by atoms with Gasteiger partial charge in [-0.3, -0.25) is 0 Å². The van der Waals surface area contributed by atoms with Crippen LogP contribution in [-0.2, 0) is 9.47 Å². The Morgan fingerprint density at radius 3 is 2.59 bits per heavy atom. The lowest BCUT2D eigenvalue weighted by Gasteiger charge is -2.39. The van der Waals surface area contributed by atoms with Gasteiger partial charge in [0.15, 0.2) is 6.29 Å². The maximum absolute atomic E-state index is 9.89. The number of hydrogen-bond acceptors (Lipinski definition) is 6. The molecule has 22 heavy (non-hydrogen) atoms. The van der Waals surface area contributed by atoms with E-state index < -0.39 is 37.3 Å². The van der Waals surface area contributed by atoms with Gasteiger partial charge in [0.2, 0.25) is 0 Å². The molecule has 126 valence electrons. The van der Waals surface area contributed by atoms with Crippen LogP contribution < -0.4 is 0 Å². The molecule has 0 radical (unpaired) electrons. The van der Waals surface area contributed by atoms with Crippen molar-refractivity contribution in [2.45, 2.75) is 56.9 Å². The molecule has 1 saturated heterocycles. The average Bonchev–Trinajstić information content (AvgIpc) is 2.52. The summed E-state index contributed by atoms with van der Waals surface area (Å²) in [5.41, 5.74) is 2.31. The first-order valence-electron chi connectivity index (χ1n) is 7.69. The van der Waals surface area contributed by atoms with Gasteiger partial charge in [-0.05, 0) is 37.7 Å². The monoisotopic (exact) mass is 314 g/mol. The SMILES string of the molecule is C=C(C)C1CC=C(CO[C@@H]2O[C@H](CO)[C@@H](O)[C@H](O)[C@H]2O)CC1. The number of hydrogen-bond donors (Lipinski definition) is 4. The smallest absolute Gasteiger partial charge is 0.187 e. The fourth-order valence-electron chi connectivity index (χ4n) is 2.86. The van der Waals surface area contributed by atoms with E-state index in [1.54, 1.807) is 0 Å². The van der Waals surface area contributed by atoms with Crippen molar-refractivity contribution in [3.05, 3.63) is 23.8 Å². The highest BCUT2D eigenvalue weighted by molar-refractivity contribution is 5.12. The molecule has 2 rings (SSSR count). The van der Waals surface area contributed by atoms with Gasteiger partial charge in [-0.15, -0.1) is 0 Å². The predicted octanol–water partition coefficient (Wildman–Crippen LogP) is 0.105. The molecule has 1 heterocycles. The second kappa shape index (κ2) is 7.68. The van der Waals surface area contributed by atoms with Gasteiger partial charge in [-0.2, -0.15) is 0 Å². The van der Waals surface area contributed by atoms with Crippen LogP contribution in [0.2, 0.25) is 0 Å². The van der Waals surface area contributed by atoms with E-state index in [-0.39, 0.29) is 0 Å². The summed E-state index contributed by atoms with van der Waals surface area (Å²) in [5.74, 6) is 0.510. The Balaban J connectivity index is 1.87. The van der Waals surface area contributed by atoms with Crippen LogP contribution in [-0.4, -0.2) is 64.3 Å². The molecule has 4 N–H and O–H groups in total. The summed E-state index contributed by atoms with van der Waals surface area (Å²) in [6.45, 7) is 5.86. The molecule has 0 aromatic rings. The van der Waals surface area contributed by atoms with Gasteiger partial charge >= 0.3 is 0 Å². The molecule has 0 bridgehead atoms. The third kappa shape index (κ3) is 3.95. The molecule has 1 fully saturated rings. The summed E-state index contributed by atoms with van der Waals surface area (Å²) in [6.07, 6.45) is -1.12. The van der Waals surface area contributed by atoms with Crippen molar-refractivity contribution in [3.63, 3.8) is 0 Å². The summed E-state index contributed by atoms with van der Waals surface area (Å²) in [6, 6.07) is 0. The Labute approximate surface area is 130 Å². The molecule has 1 aliphatic carbocycles. The molecule has 2 aliphatic rings. The van der Waals surface area contributed by atoms with Gasteiger partial charge in [-0.1, -0.05) is 18.2 Å². The number of aliphatic hydroxyl groups excluding tert-OH is 4. The van der Waals surface area contributed by atoms with E-state index >= 15 is 0 Å². The standard InChI is InChI=1S/C16H26O6/c1-9(2)11-5-3-10(4-6-11)8-21-16-15(20)14(19)13(18)12(7-17)22-16/h3,11-20H,1,4-8H2,2H3/t11?,12-,13-,14+,15-,16-/m1/s1. The topological polar surface area (TPSA) is 99.4 Å². The molecule has 1 aliphatic heterocycles. The Morgan fingerprint density at radius 1 is 1.32 bits per heavy atom. The van der Waals surface area contributed by atoms with Crippen LogP contribution in [0, 0.1) is 5.92 Å². The Hall–Kier alpha value is -0.760. The minimum atomic E-state index is -1.40. The van der Waals surface area contributed by atoms with Crippen LogP contribution in [0.15, 0.2) is 23.8 Å². The highest BCUT2D eigenvalue weighted by atomic mass is 16.7. The van der Waals surface area contributed by atoms with E-state index in [4.69, 9.17) is 14.6 Å². The van der Waals surface area contributed by atoms with Crippen LogP contribution in [0.25, 0.3) is 0 Å². The zero-order chi connectivity index (χ0) is 16.3. The van der Waals surface area contributed by atoms with Gasteiger partial charge in [0.05, 0.1) is 13.2 Å². The van der Waals surface area contributed by atoms with Gasteiger partial charge in [0, 0.05) is 0 Å². The number of rotatable bonds is 5. The first kappa shape index (κ1) is 17.6. The fourth-order valence-corrected chi connectivity index (χ4v) is 2.86. The third-order valence-electron chi connectivity index (χ3n) is 4.48. The zero-order valence-corrected chi connectivity index (χ0v) is 12.9. The zero-order valence-electron chi connectivity index (χ0n) is 12.9. The molecule has 1 unspecified atom stereocenters. The van der Waals surface area contributed by atoms with E-state index in [1.165, 1.54) is 5.57 Å². The molecule has 6 heteroatoms. The Morgan fingerprint density at radius 2 is 2.05 bits per heavy atom. The second-order valence-electron chi connectivity index (χ2n) is 6.19. The van der Waals surface area contributed by atoms with E-state index in [0.29, 0.717) is 12.5 Å². The molecule has 0 amide bonds. The molecular weight excluding hydrogens is 288 g/mol. The van der Waals surface area contributed by atoms with E-state index in [1.807, 2.05) is 6.92 Å². The van der Waals surface area contributed by atoms with Crippen molar-refractivity contribution in [2.24, 2.45) is 5.92 Å². The lowest BCUT2D eigenvalue weighted by atomic mass is 9.86. The van der Waals surface area contributed by atoms with Crippen LogP contribution in [0.3, 0.4) is 0 Å². The lowest BCUT2D eigenvalue weighted by molar-refractivity contribution is -0.299. The maximum Gasteiger partial charge on any atom is 0.187 e. The minimum Gasteiger partial charge on any atom is -0.394 e. The summed E-state index contributed by atoms with van der Waals surface area (Å²) < 4.78 is 10.8. The molecule has 0 spiro atoms. The number of ether oxygens (including phenoxy) is 2. The van der Waals surface area contributed by atoms with Gasteiger partial charge in [0.1, 0.15) is 24.4 Å². The highest BCUT2D eigenvalue weighted by Crippen LogP contribution is 2.29. The molecular formula is C16H26O6. The summed E-state index contributed by atoms with van der Waals surface area (Å²) in [5, 5.41) is 38.4. The van der Waals surface area contributed by atoms with E-state index in [2.05, 4.69) is 12.7 Å². The van der Waals surface area contributed by atoms with E-state index in [9.17, 15) is 15.3 Å². The summed E-state index contributed by atoms with van der Waals surface area (Å²) >= 11 is 0. The van der Waals surface area contributed by atoms with Crippen molar-refractivity contribution in [2.75, 3.05) is 13.2 Å². The van der Waals surface area contributed by atoms with Crippen LogP contribution >= 0.6 is 0 Å². The normalized spacial score (nSPS) is 39.4. The maximum atomic E-state index is 9.89. The van der Waals surface area contributed by atoms with Gasteiger partial charge in [-0.25, -0.2) is 0 Å². The molecule has 0 saturated carbocycles.